The van der Waals surface area contributed by atoms with Crippen LogP contribution in [-0.2, 0) is 14.8 Å². The highest BCUT2D eigenvalue weighted by Gasteiger charge is 2.29. The highest BCUT2D eigenvalue weighted by Crippen LogP contribution is 2.27. The van der Waals surface area contributed by atoms with Crippen LogP contribution in [0.2, 0.25) is 0 Å². The first kappa shape index (κ1) is 17.9. The predicted octanol–water partition coefficient (Wildman–Crippen LogP) is 3.63. The number of sulfonamides is 1. The summed E-state index contributed by atoms with van der Waals surface area (Å²) in [5.74, 6) is -0.0548. The molecular weight excluding hydrogens is 394 g/mol. The number of hydrogen-bond donors (Lipinski definition) is 1. The van der Waals surface area contributed by atoms with Crippen molar-refractivity contribution in [1.82, 2.24) is 4.72 Å². The Morgan fingerprint density at radius 1 is 1.17 bits per heavy atom. The predicted molar refractivity (Wildman–Crippen MR) is 94.3 cm³/mol. The summed E-state index contributed by atoms with van der Waals surface area (Å²) in [5.41, 5.74) is 0.254. The Labute approximate surface area is 151 Å². The van der Waals surface area contributed by atoms with Gasteiger partial charge in [0.15, 0.2) is 0 Å². The minimum Gasteiger partial charge on any atom is -0.462 e. The SMILES string of the molecule is O=C(OCC1CCCCC1)c1cc(S(=O)(=O)NC2CC2)ccc1Br. The van der Waals surface area contributed by atoms with Crippen molar-refractivity contribution in [3.63, 3.8) is 0 Å². The van der Waals surface area contributed by atoms with E-state index < -0.39 is 16.0 Å². The number of rotatable bonds is 6. The fourth-order valence-electron chi connectivity index (χ4n) is 2.94. The number of benzene rings is 1. The quantitative estimate of drug-likeness (QED) is 0.719. The molecule has 0 unspecified atom stereocenters. The van der Waals surface area contributed by atoms with E-state index in [2.05, 4.69) is 20.7 Å². The van der Waals surface area contributed by atoms with Gasteiger partial charge in [0.25, 0.3) is 0 Å². The summed E-state index contributed by atoms with van der Waals surface area (Å²) < 4.78 is 33.2. The first-order valence-corrected chi connectivity index (χ1v) is 10.7. The second kappa shape index (κ2) is 7.54. The fourth-order valence-corrected chi connectivity index (χ4v) is 4.68. The molecule has 1 N–H and O–H groups in total. The maximum Gasteiger partial charge on any atom is 0.339 e. The van der Waals surface area contributed by atoms with Crippen LogP contribution >= 0.6 is 15.9 Å². The van der Waals surface area contributed by atoms with Crippen LogP contribution < -0.4 is 4.72 Å². The molecule has 2 saturated carbocycles. The van der Waals surface area contributed by atoms with Crippen molar-refractivity contribution in [3.05, 3.63) is 28.2 Å². The zero-order valence-electron chi connectivity index (χ0n) is 13.5. The number of carbonyl (C=O) groups excluding carboxylic acids is 1. The van der Waals surface area contributed by atoms with Gasteiger partial charge < -0.3 is 4.74 Å². The van der Waals surface area contributed by atoms with E-state index >= 15 is 0 Å². The summed E-state index contributed by atoms with van der Waals surface area (Å²) in [5, 5.41) is 0. The molecule has 3 rings (SSSR count). The second-order valence-electron chi connectivity index (χ2n) is 6.64. The molecule has 132 valence electrons. The summed E-state index contributed by atoms with van der Waals surface area (Å²) >= 11 is 3.31. The number of esters is 1. The molecule has 2 fully saturated rings. The minimum atomic E-state index is -3.58. The van der Waals surface area contributed by atoms with Gasteiger partial charge in [-0.15, -0.1) is 0 Å². The molecule has 0 atom stereocenters. The third-order valence-electron chi connectivity index (χ3n) is 4.54. The van der Waals surface area contributed by atoms with E-state index in [0.717, 1.165) is 25.7 Å². The monoisotopic (exact) mass is 415 g/mol. The van der Waals surface area contributed by atoms with Crippen LogP contribution in [0.15, 0.2) is 27.6 Å². The van der Waals surface area contributed by atoms with Gasteiger partial charge in [-0.05, 0) is 65.7 Å². The summed E-state index contributed by atoms with van der Waals surface area (Å²) in [6, 6.07) is 4.49. The molecule has 2 aliphatic carbocycles. The van der Waals surface area contributed by atoms with Crippen LogP contribution in [0.4, 0.5) is 0 Å². The van der Waals surface area contributed by atoms with E-state index in [4.69, 9.17) is 4.74 Å². The molecule has 2 aliphatic rings. The van der Waals surface area contributed by atoms with Gasteiger partial charge in [-0.3, -0.25) is 0 Å². The number of hydrogen-bond acceptors (Lipinski definition) is 4. The Balaban J connectivity index is 1.69. The molecular formula is C17H22BrNO4S. The van der Waals surface area contributed by atoms with Gasteiger partial charge >= 0.3 is 5.97 Å². The lowest BCUT2D eigenvalue weighted by molar-refractivity contribution is 0.0409. The third-order valence-corrected chi connectivity index (χ3v) is 6.75. The Hall–Kier alpha value is -0.920. The van der Waals surface area contributed by atoms with Gasteiger partial charge in [0.05, 0.1) is 17.1 Å². The van der Waals surface area contributed by atoms with Crippen LogP contribution in [0.25, 0.3) is 0 Å². The van der Waals surface area contributed by atoms with Crippen molar-refractivity contribution in [2.75, 3.05) is 6.61 Å². The van der Waals surface area contributed by atoms with Gasteiger partial charge in [-0.2, -0.15) is 0 Å². The van der Waals surface area contributed by atoms with Crippen molar-refractivity contribution >= 4 is 31.9 Å². The maximum absolute atomic E-state index is 12.4. The van der Waals surface area contributed by atoms with Gasteiger partial charge in [-0.25, -0.2) is 17.9 Å². The largest absolute Gasteiger partial charge is 0.462 e. The topological polar surface area (TPSA) is 72.5 Å². The molecule has 7 heteroatoms. The van der Waals surface area contributed by atoms with Crippen LogP contribution in [-0.4, -0.2) is 27.0 Å². The van der Waals surface area contributed by atoms with E-state index in [-0.39, 0.29) is 16.5 Å². The zero-order chi connectivity index (χ0) is 17.2. The lowest BCUT2D eigenvalue weighted by atomic mass is 9.90. The van der Waals surface area contributed by atoms with Crippen molar-refractivity contribution in [2.24, 2.45) is 5.92 Å². The molecule has 24 heavy (non-hydrogen) atoms. The minimum absolute atomic E-state index is 0.0281. The standard InChI is InChI=1S/C17H22BrNO4S/c18-16-9-8-14(24(21,22)19-13-6-7-13)10-15(16)17(20)23-11-12-4-2-1-3-5-12/h8-10,12-13,19H,1-7,11H2. The molecule has 0 saturated heterocycles. The highest BCUT2D eigenvalue weighted by molar-refractivity contribution is 9.10. The Morgan fingerprint density at radius 3 is 2.54 bits per heavy atom. The summed E-state index contributed by atoms with van der Waals surface area (Å²) in [4.78, 5) is 12.5. The van der Waals surface area contributed by atoms with Gasteiger partial charge in [0.2, 0.25) is 10.0 Å². The first-order valence-electron chi connectivity index (χ1n) is 8.45. The van der Waals surface area contributed by atoms with Crippen molar-refractivity contribution in [1.29, 1.82) is 0 Å². The molecule has 0 heterocycles. The first-order chi connectivity index (χ1) is 11.5. The van der Waals surface area contributed by atoms with E-state index in [1.807, 2.05) is 0 Å². The van der Waals surface area contributed by atoms with Crippen LogP contribution in [0.5, 0.6) is 0 Å². The number of nitrogens with one attached hydrogen (secondary N) is 1. The van der Waals surface area contributed by atoms with Crippen LogP contribution in [0, 0.1) is 5.92 Å². The smallest absolute Gasteiger partial charge is 0.339 e. The third kappa shape index (κ3) is 4.58. The van der Waals surface area contributed by atoms with E-state index in [9.17, 15) is 13.2 Å². The van der Waals surface area contributed by atoms with E-state index in [1.165, 1.54) is 31.4 Å². The Morgan fingerprint density at radius 2 is 1.88 bits per heavy atom. The molecule has 1 aromatic carbocycles. The fraction of sp³-hybridized carbons (Fsp3) is 0.588. The average Bonchev–Trinajstić information content (AvgIpc) is 3.37. The molecule has 0 aliphatic heterocycles. The van der Waals surface area contributed by atoms with Gasteiger partial charge in [-0.1, -0.05) is 19.3 Å². The van der Waals surface area contributed by atoms with Gasteiger partial charge in [0, 0.05) is 10.5 Å². The van der Waals surface area contributed by atoms with E-state index in [0.29, 0.717) is 17.0 Å². The normalized spacial score (nSPS) is 19.2. The molecule has 0 radical (unpaired) electrons. The highest BCUT2D eigenvalue weighted by atomic mass is 79.9. The van der Waals surface area contributed by atoms with Crippen LogP contribution in [0.1, 0.15) is 55.3 Å². The molecule has 0 bridgehead atoms. The van der Waals surface area contributed by atoms with Crippen molar-refractivity contribution < 1.29 is 17.9 Å². The molecule has 0 amide bonds. The molecule has 0 aromatic heterocycles. The maximum atomic E-state index is 12.4. The van der Waals surface area contributed by atoms with Crippen LogP contribution in [0.3, 0.4) is 0 Å². The van der Waals surface area contributed by atoms with Gasteiger partial charge in [0.1, 0.15) is 0 Å². The molecule has 5 nitrogen and oxygen atoms in total. The second-order valence-corrected chi connectivity index (χ2v) is 9.21. The number of carbonyl (C=O) groups is 1. The Bertz CT molecular complexity index is 709. The van der Waals surface area contributed by atoms with Crippen molar-refractivity contribution in [3.8, 4) is 0 Å². The lowest BCUT2D eigenvalue weighted by Gasteiger charge is -2.21. The zero-order valence-corrected chi connectivity index (χ0v) is 15.9. The van der Waals surface area contributed by atoms with E-state index in [1.54, 1.807) is 6.07 Å². The summed E-state index contributed by atoms with van der Waals surface area (Å²) in [7, 11) is -3.58. The number of ether oxygens (including phenoxy) is 1. The number of halogens is 1. The average molecular weight is 416 g/mol. The Kier molecular flexibility index (Phi) is 5.62. The summed E-state index contributed by atoms with van der Waals surface area (Å²) in [6.45, 7) is 0.405. The lowest BCUT2D eigenvalue weighted by Crippen LogP contribution is -2.26. The van der Waals surface area contributed by atoms with Crippen molar-refractivity contribution in [2.45, 2.75) is 55.9 Å². The molecule has 0 spiro atoms. The molecule has 1 aromatic rings. The summed E-state index contributed by atoms with van der Waals surface area (Å²) in [6.07, 6.45) is 7.54.